The molecular formula is C18H21NO7. The molecule has 2 aromatic rings. The highest BCUT2D eigenvalue weighted by Gasteiger charge is 2.19. The molecule has 1 aromatic heterocycles. The van der Waals surface area contributed by atoms with E-state index in [2.05, 4.69) is 5.32 Å². The number of ether oxygens (including phenoxy) is 4. The zero-order chi connectivity index (χ0) is 19.1. The summed E-state index contributed by atoms with van der Waals surface area (Å²) in [7, 11) is 4.34. The van der Waals surface area contributed by atoms with Crippen molar-refractivity contribution in [2.45, 2.75) is 13.0 Å². The zero-order valence-electron chi connectivity index (χ0n) is 15.0. The van der Waals surface area contributed by atoms with Crippen LogP contribution in [0.25, 0.3) is 0 Å². The smallest absolute Gasteiger partial charge is 0.338 e. The van der Waals surface area contributed by atoms with E-state index >= 15 is 0 Å². The Morgan fingerprint density at radius 1 is 1.12 bits per heavy atom. The van der Waals surface area contributed by atoms with Crippen LogP contribution in [-0.4, -0.2) is 39.8 Å². The summed E-state index contributed by atoms with van der Waals surface area (Å²) in [5, 5.41) is 2.67. The summed E-state index contributed by atoms with van der Waals surface area (Å²) in [5.41, 5.74) is 0.173. The van der Waals surface area contributed by atoms with Crippen LogP contribution in [0.1, 0.15) is 29.1 Å². The predicted octanol–water partition coefficient (Wildman–Crippen LogP) is 2.34. The number of carbonyl (C=O) groups excluding carboxylic acids is 2. The molecule has 0 saturated carbocycles. The van der Waals surface area contributed by atoms with Gasteiger partial charge in [0.05, 0.1) is 39.2 Å². The third-order valence-corrected chi connectivity index (χ3v) is 3.58. The first kappa shape index (κ1) is 19.2. The predicted molar refractivity (Wildman–Crippen MR) is 91.6 cm³/mol. The van der Waals surface area contributed by atoms with Gasteiger partial charge in [-0.05, 0) is 31.2 Å². The average molecular weight is 363 g/mol. The van der Waals surface area contributed by atoms with Gasteiger partial charge in [0.15, 0.2) is 18.1 Å². The highest BCUT2D eigenvalue weighted by molar-refractivity contribution is 5.92. The maximum Gasteiger partial charge on any atom is 0.338 e. The topological polar surface area (TPSA) is 96.2 Å². The third kappa shape index (κ3) is 4.47. The second kappa shape index (κ2) is 8.80. The number of furan rings is 1. The van der Waals surface area contributed by atoms with Crippen molar-refractivity contribution in [3.05, 3.63) is 41.9 Å². The summed E-state index contributed by atoms with van der Waals surface area (Å²) in [6.07, 6.45) is 1.52. The van der Waals surface area contributed by atoms with E-state index in [9.17, 15) is 9.59 Å². The van der Waals surface area contributed by atoms with E-state index in [0.717, 1.165) is 0 Å². The van der Waals surface area contributed by atoms with Gasteiger partial charge in [0.2, 0.25) is 5.75 Å². The molecule has 26 heavy (non-hydrogen) atoms. The van der Waals surface area contributed by atoms with Gasteiger partial charge in [0, 0.05) is 0 Å². The van der Waals surface area contributed by atoms with Crippen molar-refractivity contribution in [3.8, 4) is 17.2 Å². The van der Waals surface area contributed by atoms with Gasteiger partial charge in [-0.15, -0.1) is 0 Å². The van der Waals surface area contributed by atoms with E-state index in [-0.39, 0.29) is 11.6 Å². The van der Waals surface area contributed by atoms with Crippen LogP contribution in [0.5, 0.6) is 17.2 Å². The number of benzene rings is 1. The molecule has 0 bridgehead atoms. The highest BCUT2D eigenvalue weighted by atomic mass is 16.5. The molecule has 1 aromatic carbocycles. The van der Waals surface area contributed by atoms with E-state index in [1.807, 2.05) is 0 Å². The van der Waals surface area contributed by atoms with E-state index in [1.54, 1.807) is 19.1 Å². The molecule has 1 amide bonds. The number of amides is 1. The van der Waals surface area contributed by atoms with Crippen molar-refractivity contribution in [2.24, 2.45) is 0 Å². The second-order valence-electron chi connectivity index (χ2n) is 5.29. The minimum absolute atomic E-state index is 0.173. The SMILES string of the molecule is COc1cc(C(=O)OCC(=O)N[C@H](C)c2ccco2)cc(OC)c1OC. The van der Waals surface area contributed by atoms with E-state index in [1.165, 1.54) is 39.7 Å². The Labute approximate surface area is 151 Å². The maximum absolute atomic E-state index is 12.2. The molecular weight excluding hydrogens is 342 g/mol. The second-order valence-corrected chi connectivity index (χ2v) is 5.29. The maximum atomic E-state index is 12.2. The van der Waals surface area contributed by atoms with Crippen molar-refractivity contribution in [1.29, 1.82) is 0 Å². The molecule has 140 valence electrons. The Morgan fingerprint density at radius 3 is 2.27 bits per heavy atom. The number of nitrogens with one attached hydrogen (secondary N) is 1. The van der Waals surface area contributed by atoms with Gasteiger partial charge in [-0.1, -0.05) is 0 Å². The summed E-state index contributed by atoms with van der Waals surface area (Å²) in [5.74, 6) is 0.454. The lowest BCUT2D eigenvalue weighted by Gasteiger charge is -2.14. The number of esters is 1. The lowest BCUT2D eigenvalue weighted by atomic mass is 10.2. The molecule has 0 aliphatic heterocycles. The minimum atomic E-state index is -0.690. The van der Waals surface area contributed by atoms with Gasteiger partial charge >= 0.3 is 5.97 Å². The molecule has 0 aliphatic carbocycles. The Balaban J connectivity index is 2.00. The Bertz CT molecular complexity index is 730. The fourth-order valence-electron chi connectivity index (χ4n) is 2.31. The average Bonchev–Trinajstić information content (AvgIpc) is 3.19. The zero-order valence-corrected chi connectivity index (χ0v) is 15.0. The number of rotatable bonds is 8. The molecule has 0 spiro atoms. The molecule has 0 fully saturated rings. The van der Waals surface area contributed by atoms with Gasteiger partial charge in [-0.2, -0.15) is 0 Å². The summed E-state index contributed by atoms with van der Waals surface area (Å²) in [6.45, 7) is 1.33. The summed E-state index contributed by atoms with van der Waals surface area (Å²) in [6, 6.07) is 6.03. The first-order valence-corrected chi connectivity index (χ1v) is 7.80. The molecule has 0 radical (unpaired) electrons. The van der Waals surface area contributed by atoms with Crippen LogP contribution in [0, 0.1) is 0 Å². The Kier molecular flexibility index (Phi) is 6.48. The van der Waals surface area contributed by atoms with Crippen molar-refractivity contribution >= 4 is 11.9 Å². The van der Waals surface area contributed by atoms with Gasteiger partial charge in [-0.3, -0.25) is 4.79 Å². The standard InChI is InChI=1S/C18H21NO7/c1-11(13-6-5-7-25-13)19-16(20)10-26-18(21)12-8-14(22-2)17(24-4)15(9-12)23-3/h5-9,11H,10H2,1-4H3,(H,19,20)/t11-/m1/s1. The van der Waals surface area contributed by atoms with Gasteiger partial charge in [0.1, 0.15) is 5.76 Å². The van der Waals surface area contributed by atoms with Gasteiger partial charge < -0.3 is 28.7 Å². The highest BCUT2D eigenvalue weighted by Crippen LogP contribution is 2.38. The molecule has 8 nitrogen and oxygen atoms in total. The molecule has 1 atom stereocenters. The van der Waals surface area contributed by atoms with Crippen LogP contribution in [0.2, 0.25) is 0 Å². The van der Waals surface area contributed by atoms with Crippen LogP contribution in [0.4, 0.5) is 0 Å². The largest absolute Gasteiger partial charge is 0.493 e. The lowest BCUT2D eigenvalue weighted by Crippen LogP contribution is -2.31. The molecule has 0 aliphatic rings. The minimum Gasteiger partial charge on any atom is -0.493 e. The molecule has 1 N–H and O–H groups in total. The van der Waals surface area contributed by atoms with Gasteiger partial charge in [0.25, 0.3) is 5.91 Å². The number of hydrogen-bond acceptors (Lipinski definition) is 7. The quantitative estimate of drug-likeness (QED) is 0.719. The summed E-state index contributed by atoms with van der Waals surface area (Å²) in [4.78, 5) is 24.2. The van der Waals surface area contributed by atoms with Crippen LogP contribution >= 0.6 is 0 Å². The molecule has 8 heteroatoms. The molecule has 0 saturated heterocycles. The summed E-state index contributed by atoms with van der Waals surface area (Å²) < 4.78 is 25.8. The van der Waals surface area contributed by atoms with Crippen LogP contribution in [0.3, 0.4) is 0 Å². The first-order valence-electron chi connectivity index (χ1n) is 7.80. The van der Waals surface area contributed by atoms with E-state index in [4.69, 9.17) is 23.4 Å². The first-order chi connectivity index (χ1) is 12.5. The number of carbonyl (C=O) groups is 2. The van der Waals surface area contributed by atoms with Crippen LogP contribution in [0.15, 0.2) is 34.9 Å². The van der Waals surface area contributed by atoms with Gasteiger partial charge in [-0.25, -0.2) is 4.79 Å². The Morgan fingerprint density at radius 2 is 1.77 bits per heavy atom. The van der Waals surface area contributed by atoms with Crippen molar-refractivity contribution in [3.63, 3.8) is 0 Å². The lowest BCUT2D eigenvalue weighted by molar-refractivity contribution is -0.125. The van der Waals surface area contributed by atoms with Crippen LogP contribution < -0.4 is 19.5 Å². The van der Waals surface area contributed by atoms with E-state index < -0.39 is 18.5 Å². The van der Waals surface area contributed by atoms with Crippen molar-refractivity contribution in [1.82, 2.24) is 5.32 Å². The Hall–Kier alpha value is -3.16. The number of hydrogen-bond donors (Lipinski definition) is 1. The molecule has 0 unspecified atom stereocenters. The third-order valence-electron chi connectivity index (χ3n) is 3.58. The van der Waals surface area contributed by atoms with Crippen molar-refractivity contribution in [2.75, 3.05) is 27.9 Å². The fraction of sp³-hybridized carbons (Fsp3) is 0.333. The molecule has 2 rings (SSSR count). The normalized spacial score (nSPS) is 11.4. The number of methoxy groups -OCH3 is 3. The summed E-state index contributed by atoms with van der Waals surface area (Å²) >= 11 is 0. The fourth-order valence-corrected chi connectivity index (χ4v) is 2.31. The monoisotopic (exact) mass is 363 g/mol. The molecule has 1 heterocycles. The van der Waals surface area contributed by atoms with Crippen LogP contribution in [-0.2, 0) is 9.53 Å². The van der Waals surface area contributed by atoms with Crippen molar-refractivity contribution < 1.29 is 33.0 Å². The van der Waals surface area contributed by atoms with E-state index in [0.29, 0.717) is 23.0 Å².